The maximum atomic E-state index is 12.1. The number of nitrogens with zero attached hydrogens (tertiary/aromatic N) is 4. The third kappa shape index (κ3) is 1.26. The number of carbonyl (C=O) groups excluding carboxylic acids is 2. The second-order valence-corrected chi connectivity index (χ2v) is 3.78. The van der Waals surface area contributed by atoms with Crippen molar-refractivity contribution in [2.24, 2.45) is 4.99 Å². The summed E-state index contributed by atoms with van der Waals surface area (Å²) in [4.78, 5) is 31.0. The topological polar surface area (TPSA) is 56.0 Å². The van der Waals surface area contributed by atoms with Crippen LogP contribution in [0.5, 0.6) is 0 Å². The zero-order valence-electron chi connectivity index (χ0n) is 9.67. The van der Waals surface area contributed by atoms with Crippen LogP contribution in [0.15, 0.2) is 4.99 Å². The van der Waals surface area contributed by atoms with Gasteiger partial charge in [0.2, 0.25) is 0 Å². The molecule has 2 rings (SSSR count). The van der Waals surface area contributed by atoms with Crippen molar-refractivity contribution < 1.29 is 14.2 Å². The van der Waals surface area contributed by atoms with Gasteiger partial charge in [0, 0.05) is 13.1 Å². The fourth-order valence-electron chi connectivity index (χ4n) is 2.05. The van der Waals surface area contributed by atoms with Crippen LogP contribution in [0.25, 0.3) is 0 Å². The first-order valence-electron chi connectivity index (χ1n) is 5.37. The zero-order valence-corrected chi connectivity index (χ0v) is 9.67. The SMILES string of the molecule is CCN1C(=O)C2C(=NC=[N+]2C)N(CC)C1=O. The predicted octanol–water partition coefficient (Wildman–Crippen LogP) is -0.258. The second kappa shape index (κ2) is 3.70. The Morgan fingerprint density at radius 2 is 1.94 bits per heavy atom. The van der Waals surface area contributed by atoms with E-state index in [1.807, 2.05) is 6.92 Å². The molecule has 1 fully saturated rings. The van der Waals surface area contributed by atoms with E-state index >= 15 is 0 Å². The molecule has 6 nitrogen and oxygen atoms in total. The Hall–Kier alpha value is -1.72. The molecule has 16 heavy (non-hydrogen) atoms. The minimum Gasteiger partial charge on any atom is -0.269 e. The normalized spacial score (nSPS) is 24.6. The molecule has 2 aliphatic heterocycles. The Kier molecular flexibility index (Phi) is 2.49. The van der Waals surface area contributed by atoms with Gasteiger partial charge < -0.3 is 0 Å². The maximum absolute atomic E-state index is 12.1. The van der Waals surface area contributed by atoms with Crippen molar-refractivity contribution in [3.63, 3.8) is 0 Å². The van der Waals surface area contributed by atoms with Gasteiger partial charge in [0.05, 0.1) is 7.05 Å². The number of rotatable bonds is 2. The van der Waals surface area contributed by atoms with Crippen molar-refractivity contribution in [3.8, 4) is 0 Å². The Labute approximate surface area is 93.9 Å². The quantitative estimate of drug-likeness (QED) is 0.606. The van der Waals surface area contributed by atoms with Crippen LogP contribution in [0.2, 0.25) is 0 Å². The molecule has 0 spiro atoms. The standard InChI is InChI=1S/C10H15N4O2/c1-4-13-8-7(12(3)6-11-8)9(15)14(5-2)10(13)16/h6-7H,4-5H2,1-3H3/q+1. The highest BCUT2D eigenvalue weighted by Gasteiger charge is 2.50. The van der Waals surface area contributed by atoms with Crippen molar-refractivity contribution in [1.29, 1.82) is 0 Å². The number of urea groups is 1. The molecule has 1 atom stereocenters. The number of hydrogen-bond donors (Lipinski definition) is 0. The molecule has 0 aromatic rings. The maximum Gasteiger partial charge on any atom is 0.334 e. The van der Waals surface area contributed by atoms with Gasteiger partial charge in [-0.05, 0) is 18.8 Å². The molecule has 0 radical (unpaired) electrons. The van der Waals surface area contributed by atoms with Crippen molar-refractivity contribution in [1.82, 2.24) is 9.80 Å². The lowest BCUT2D eigenvalue weighted by molar-refractivity contribution is -0.501. The third-order valence-corrected chi connectivity index (χ3v) is 2.89. The summed E-state index contributed by atoms with van der Waals surface area (Å²) in [6.07, 6.45) is 1.59. The van der Waals surface area contributed by atoms with Gasteiger partial charge in [0.1, 0.15) is 0 Å². The van der Waals surface area contributed by atoms with Gasteiger partial charge in [-0.15, -0.1) is 0 Å². The van der Waals surface area contributed by atoms with Gasteiger partial charge in [-0.1, -0.05) is 0 Å². The Morgan fingerprint density at radius 1 is 1.31 bits per heavy atom. The van der Waals surface area contributed by atoms with Gasteiger partial charge in [-0.25, -0.2) is 9.37 Å². The monoisotopic (exact) mass is 223 g/mol. The number of imide groups is 1. The molecule has 2 heterocycles. The lowest BCUT2D eigenvalue weighted by Crippen LogP contribution is -2.63. The molecule has 0 aliphatic carbocycles. The minimum atomic E-state index is -0.433. The van der Waals surface area contributed by atoms with Crippen molar-refractivity contribution in [3.05, 3.63) is 0 Å². The fraction of sp³-hybridized carbons (Fsp3) is 0.600. The van der Waals surface area contributed by atoms with Gasteiger partial charge >= 0.3 is 6.03 Å². The van der Waals surface area contributed by atoms with Crippen molar-refractivity contribution in [2.75, 3.05) is 20.1 Å². The molecule has 0 aromatic carbocycles. The van der Waals surface area contributed by atoms with E-state index in [1.54, 1.807) is 29.8 Å². The first-order valence-corrected chi connectivity index (χ1v) is 5.37. The molecule has 86 valence electrons. The van der Waals surface area contributed by atoms with Crippen LogP contribution in [0, 0.1) is 0 Å². The van der Waals surface area contributed by atoms with E-state index < -0.39 is 6.04 Å². The van der Waals surface area contributed by atoms with E-state index in [9.17, 15) is 9.59 Å². The number of carbonyl (C=O) groups is 2. The summed E-state index contributed by atoms with van der Waals surface area (Å²) < 4.78 is 1.73. The molecule has 0 saturated carbocycles. The first kappa shape index (κ1) is 10.8. The Morgan fingerprint density at radius 3 is 2.50 bits per heavy atom. The summed E-state index contributed by atoms with van der Waals surface area (Å²) in [6, 6.07) is -0.703. The summed E-state index contributed by atoms with van der Waals surface area (Å²) in [5.41, 5.74) is 0. The summed E-state index contributed by atoms with van der Waals surface area (Å²) in [7, 11) is 1.79. The van der Waals surface area contributed by atoms with Crippen LogP contribution in [-0.2, 0) is 4.79 Å². The molecular formula is C10H15N4O2+. The van der Waals surface area contributed by atoms with E-state index in [0.29, 0.717) is 18.9 Å². The van der Waals surface area contributed by atoms with Crippen LogP contribution in [0.4, 0.5) is 4.79 Å². The van der Waals surface area contributed by atoms with Crippen LogP contribution >= 0.6 is 0 Å². The van der Waals surface area contributed by atoms with Crippen LogP contribution in [0.1, 0.15) is 13.8 Å². The molecular weight excluding hydrogens is 208 g/mol. The van der Waals surface area contributed by atoms with Gasteiger partial charge in [0.25, 0.3) is 24.1 Å². The average Bonchev–Trinajstić information content (AvgIpc) is 2.62. The minimum absolute atomic E-state index is 0.188. The highest BCUT2D eigenvalue weighted by atomic mass is 16.2. The highest BCUT2D eigenvalue weighted by Crippen LogP contribution is 2.17. The summed E-state index contributed by atoms with van der Waals surface area (Å²) in [5.74, 6) is 0.358. The first-order chi connectivity index (χ1) is 7.61. The van der Waals surface area contributed by atoms with E-state index in [-0.39, 0.29) is 11.9 Å². The van der Waals surface area contributed by atoms with Crippen LogP contribution in [0.3, 0.4) is 0 Å². The number of amidine groups is 1. The van der Waals surface area contributed by atoms with Gasteiger partial charge in [-0.2, -0.15) is 0 Å². The number of fused-ring (bicyclic) bond motifs is 1. The zero-order chi connectivity index (χ0) is 11.9. The predicted molar refractivity (Wildman–Crippen MR) is 58.6 cm³/mol. The van der Waals surface area contributed by atoms with Crippen LogP contribution < -0.4 is 0 Å². The number of hydrogen-bond acceptors (Lipinski definition) is 3. The Bertz CT molecular complexity index is 413. The lowest BCUT2D eigenvalue weighted by Gasteiger charge is -2.33. The van der Waals surface area contributed by atoms with E-state index in [4.69, 9.17) is 0 Å². The number of amides is 3. The van der Waals surface area contributed by atoms with Crippen molar-refractivity contribution >= 4 is 24.1 Å². The smallest absolute Gasteiger partial charge is 0.269 e. The molecule has 0 bridgehead atoms. The van der Waals surface area contributed by atoms with E-state index in [1.165, 1.54) is 4.90 Å². The largest absolute Gasteiger partial charge is 0.334 e. The summed E-state index contributed by atoms with van der Waals surface area (Å²) in [5, 5.41) is 0. The molecule has 6 heteroatoms. The molecule has 1 unspecified atom stereocenters. The average molecular weight is 223 g/mol. The Balaban J connectivity index is 2.41. The van der Waals surface area contributed by atoms with Crippen molar-refractivity contribution in [2.45, 2.75) is 19.9 Å². The lowest BCUT2D eigenvalue weighted by atomic mass is 10.1. The van der Waals surface area contributed by atoms with E-state index in [0.717, 1.165) is 0 Å². The molecule has 1 saturated heterocycles. The van der Waals surface area contributed by atoms with E-state index in [2.05, 4.69) is 4.99 Å². The molecule has 3 amide bonds. The molecule has 0 aromatic heterocycles. The summed E-state index contributed by atoms with van der Waals surface area (Å²) in [6.45, 7) is 4.59. The summed E-state index contributed by atoms with van der Waals surface area (Å²) >= 11 is 0. The van der Waals surface area contributed by atoms with Gasteiger partial charge in [0.15, 0.2) is 0 Å². The third-order valence-electron chi connectivity index (χ3n) is 2.89. The van der Waals surface area contributed by atoms with Crippen LogP contribution in [-0.4, -0.2) is 64.7 Å². The fourth-order valence-corrected chi connectivity index (χ4v) is 2.05. The molecule has 2 aliphatic rings. The second-order valence-electron chi connectivity index (χ2n) is 3.78. The number of aliphatic imine (C=N–C) groups is 1. The molecule has 0 N–H and O–H groups in total. The van der Waals surface area contributed by atoms with Gasteiger partial charge in [-0.3, -0.25) is 14.6 Å². The number of likely N-dealkylation sites (N-methyl/N-ethyl adjacent to an activating group) is 3. The highest BCUT2D eigenvalue weighted by molar-refractivity contribution is 6.21.